The molecule has 1 fully saturated rings. The fourth-order valence-electron chi connectivity index (χ4n) is 3.30. The number of ketones is 1. The first kappa shape index (κ1) is 16.1. The predicted octanol–water partition coefficient (Wildman–Crippen LogP) is 4.94. The van der Waals surface area contributed by atoms with Crippen molar-refractivity contribution in [3.8, 4) is 11.1 Å². The fourth-order valence-corrected chi connectivity index (χ4v) is 3.30. The predicted molar refractivity (Wildman–Crippen MR) is 96.8 cm³/mol. The van der Waals surface area contributed by atoms with Crippen LogP contribution in [0.5, 0.6) is 0 Å². The van der Waals surface area contributed by atoms with Crippen molar-refractivity contribution >= 4 is 16.8 Å². The Kier molecular flexibility index (Phi) is 3.39. The summed E-state index contributed by atoms with van der Waals surface area (Å²) in [6, 6.07) is 4.00. The van der Waals surface area contributed by atoms with Gasteiger partial charge < -0.3 is 9.51 Å². The number of benzene rings is 1. The third-order valence-corrected chi connectivity index (χ3v) is 4.82. The Labute approximate surface area is 146 Å². The molecule has 0 bridgehead atoms. The summed E-state index contributed by atoms with van der Waals surface area (Å²) in [6.45, 7) is 9.64. The highest BCUT2D eigenvalue weighted by Crippen LogP contribution is 2.40. The lowest BCUT2D eigenvalue weighted by atomic mass is 9.85. The molecule has 1 saturated carbocycles. The number of aryl methyl sites for hydroxylation is 2. The third-order valence-electron chi connectivity index (χ3n) is 4.82. The van der Waals surface area contributed by atoms with Crippen LogP contribution in [-0.2, 0) is 0 Å². The maximum atomic E-state index is 13.1. The number of nitrogens with zero attached hydrogens (tertiary/aromatic N) is 2. The lowest BCUT2D eigenvalue weighted by molar-refractivity contribution is 0.0860. The maximum absolute atomic E-state index is 13.1. The molecular weight excluding hydrogens is 314 g/mol. The molecule has 2 heterocycles. The van der Waals surface area contributed by atoms with Crippen LogP contribution in [0.15, 0.2) is 16.7 Å². The molecule has 0 amide bonds. The summed E-state index contributed by atoms with van der Waals surface area (Å²) in [4.78, 5) is 21.3. The van der Waals surface area contributed by atoms with Crippen LogP contribution in [0.1, 0.15) is 67.2 Å². The molecule has 1 aliphatic carbocycles. The molecule has 1 N–H and O–H groups in total. The Morgan fingerprint density at radius 2 is 1.96 bits per heavy atom. The SMILES string of the molecule is Cc1noc(C)c1-c1cc(C(=O)C(C)(C)C)c2nc(C3CC3)[nH]c2c1. The minimum atomic E-state index is -0.469. The zero-order chi connectivity index (χ0) is 17.9. The van der Waals surface area contributed by atoms with E-state index >= 15 is 0 Å². The second kappa shape index (κ2) is 5.28. The van der Waals surface area contributed by atoms with Crippen molar-refractivity contribution in [2.75, 3.05) is 0 Å². The van der Waals surface area contributed by atoms with Gasteiger partial charge in [0.15, 0.2) is 5.78 Å². The van der Waals surface area contributed by atoms with E-state index in [-0.39, 0.29) is 5.78 Å². The van der Waals surface area contributed by atoms with E-state index in [1.807, 2.05) is 40.7 Å². The third kappa shape index (κ3) is 2.68. The van der Waals surface area contributed by atoms with Gasteiger partial charge in [-0.1, -0.05) is 25.9 Å². The van der Waals surface area contributed by atoms with Crippen molar-refractivity contribution in [1.29, 1.82) is 0 Å². The van der Waals surface area contributed by atoms with Gasteiger partial charge in [-0.3, -0.25) is 4.79 Å². The summed E-state index contributed by atoms with van der Waals surface area (Å²) in [5.41, 5.74) is 4.61. The lowest BCUT2D eigenvalue weighted by Gasteiger charge is -2.17. The molecule has 0 atom stereocenters. The van der Waals surface area contributed by atoms with Crippen LogP contribution in [0.4, 0.5) is 0 Å². The highest BCUT2D eigenvalue weighted by atomic mass is 16.5. The van der Waals surface area contributed by atoms with E-state index in [4.69, 9.17) is 9.51 Å². The molecule has 1 aromatic carbocycles. The largest absolute Gasteiger partial charge is 0.361 e. The zero-order valence-corrected chi connectivity index (χ0v) is 15.4. The Morgan fingerprint density at radius 1 is 1.24 bits per heavy atom. The monoisotopic (exact) mass is 337 g/mol. The average Bonchev–Trinajstić information content (AvgIpc) is 3.21. The van der Waals surface area contributed by atoms with Crippen LogP contribution < -0.4 is 0 Å². The van der Waals surface area contributed by atoms with Crippen molar-refractivity contribution in [3.05, 3.63) is 35.0 Å². The quantitative estimate of drug-likeness (QED) is 0.687. The Morgan fingerprint density at radius 3 is 2.52 bits per heavy atom. The Bertz CT molecular complexity index is 965. The van der Waals surface area contributed by atoms with Gasteiger partial charge in [-0.2, -0.15) is 0 Å². The van der Waals surface area contributed by atoms with Gasteiger partial charge in [-0.05, 0) is 44.4 Å². The van der Waals surface area contributed by atoms with Gasteiger partial charge >= 0.3 is 0 Å². The van der Waals surface area contributed by atoms with Crippen molar-refractivity contribution < 1.29 is 9.32 Å². The van der Waals surface area contributed by atoms with Gasteiger partial charge in [0.05, 0.1) is 16.7 Å². The number of rotatable bonds is 3. The van der Waals surface area contributed by atoms with Crippen molar-refractivity contribution in [3.63, 3.8) is 0 Å². The van der Waals surface area contributed by atoms with Gasteiger partial charge in [0.25, 0.3) is 0 Å². The molecule has 0 unspecified atom stereocenters. The van der Waals surface area contributed by atoms with Crippen LogP contribution in [0.3, 0.4) is 0 Å². The Balaban J connectivity index is 1.98. The normalized spacial score (nSPS) is 15.1. The van der Waals surface area contributed by atoms with E-state index in [0.717, 1.165) is 39.4 Å². The van der Waals surface area contributed by atoms with Crippen LogP contribution >= 0.6 is 0 Å². The van der Waals surface area contributed by atoms with E-state index in [1.54, 1.807) is 0 Å². The summed E-state index contributed by atoms with van der Waals surface area (Å²) >= 11 is 0. The number of aromatic nitrogens is 3. The van der Waals surface area contributed by atoms with Crippen LogP contribution in [0.25, 0.3) is 22.2 Å². The number of hydrogen-bond acceptors (Lipinski definition) is 4. The molecule has 0 spiro atoms. The summed E-state index contributed by atoms with van der Waals surface area (Å²) in [5.74, 6) is 2.36. The topological polar surface area (TPSA) is 71.8 Å². The van der Waals surface area contributed by atoms with Gasteiger partial charge in [-0.15, -0.1) is 0 Å². The van der Waals surface area contributed by atoms with E-state index in [9.17, 15) is 4.79 Å². The molecule has 0 radical (unpaired) electrons. The lowest BCUT2D eigenvalue weighted by Crippen LogP contribution is -2.20. The van der Waals surface area contributed by atoms with E-state index in [0.29, 0.717) is 11.5 Å². The number of H-pyrrole nitrogens is 1. The van der Waals surface area contributed by atoms with Gasteiger partial charge in [-0.25, -0.2) is 4.98 Å². The highest BCUT2D eigenvalue weighted by molar-refractivity contribution is 6.10. The van der Waals surface area contributed by atoms with Crippen molar-refractivity contribution in [2.45, 2.75) is 53.4 Å². The van der Waals surface area contributed by atoms with E-state index < -0.39 is 5.41 Å². The molecule has 130 valence electrons. The van der Waals surface area contributed by atoms with E-state index in [2.05, 4.69) is 16.2 Å². The first-order chi connectivity index (χ1) is 11.8. The second-order valence-corrected chi connectivity index (χ2v) is 8.09. The first-order valence-electron chi connectivity index (χ1n) is 8.77. The maximum Gasteiger partial charge on any atom is 0.170 e. The number of carbonyl (C=O) groups excluding carboxylic acids is 1. The molecule has 25 heavy (non-hydrogen) atoms. The van der Waals surface area contributed by atoms with Gasteiger partial charge in [0.2, 0.25) is 0 Å². The molecule has 0 aliphatic heterocycles. The summed E-state index contributed by atoms with van der Waals surface area (Å²) in [7, 11) is 0. The van der Waals surface area contributed by atoms with Crippen molar-refractivity contribution in [2.24, 2.45) is 5.41 Å². The highest BCUT2D eigenvalue weighted by Gasteiger charge is 2.30. The molecular formula is C20H23N3O2. The average molecular weight is 337 g/mol. The molecule has 2 aromatic heterocycles. The number of fused-ring (bicyclic) bond motifs is 1. The van der Waals surface area contributed by atoms with Gasteiger partial charge in [0, 0.05) is 22.5 Å². The number of hydrogen-bond donors (Lipinski definition) is 1. The van der Waals surface area contributed by atoms with Crippen molar-refractivity contribution in [1.82, 2.24) is 15.1 Å². The summed E-state index contributed by atoms with van der Waals surface area (Å²) in [5, 5.41) is 4.05. The minimum absolute atomic E-state index is 0.0972. The smallest absolute Gasteiger partial charge is 0.170 e. The second-order valence-electron chi connectivity index (χ2n) is 8.09. The van der Waals surface area contributed by atoms with Gasteiger partial charge in [0.1, 0.15) is 11.6 Å². The molecule has 1 aliphatic rings. The first-order valence-corrected chi connectivity index (χ1v) is 8.77. The fraction of sp³-hybridized carbons (Fsp3) is 0.450. The van der Waals surface area contributed by atoms with Crippen LogP contribution in [0, 0.1) is 19.3 Å². The number of imidazole rings is 1. The van der Waals surface area contributed by atoms with E-state index in [1.165, 1.54) is 12.8 Å². The molecule has 3 aromatic rings. The van der Waals surface area contributed by atoms with Crippen LogP contribution in [-0.4, -0.2) is 20.9 Å². The number of nitrogens with one attached hydrogen (secondary N) is 1. The molecule has 4 rings (SSSR count). The number of Topliss-reactive ketones (excluding diaryl/α,β-unsaturated/α-hetero) is 1. The zero-order valence-electron chi connectivity index (χ0n) is 15.4. The molecule has 5 heteroatoms. The standard InChI is InChI=1S/C20H23N3O2/c1-10-16(11(2)25-23-10)13-8-14(18(24)20(3,4)5)17-15(9-13)21-19(22-17)12-6-7-12/h8-9,12H,6-7H2,1-5H3,(H,21,22). The van der Waals surface area contributed by atoms with Crippen LogP contribution in [0.2, 0.25) is 0 Å². The minimum Gasteiger partial charge on any atom is -0.361 e. The molecule has 5 nitrogen and oxygen atoms in total. The summed E-state index contributed by atoms with van der Waals surface area (Å²) < 4.78 is 5.32. The number of aromatic amines is 1. The summed E-state index contributed by atoms with van der Waals surface area (Å²) in [6.07, 6.45) is 2.33. The Hall–Kier alpha value is -2.43. The number of carbonyl (C=O) groups is 1. The molecule has 0 saturated heterocycles.